The molecule has 0 unspecified atom stereocenters. The molecule has 13 heavy (non-hydrogen) atoms. The highest BCUT2D eigenvalue weighted by Crippen LogP contribution is 1.85. The van der Waals surface area contributed by atoms with E-state index in [1.54, 1.807) is 18.2 Å². The maximum Gasteiger partial charge on any atom is 0.370 e. The molecule has 1 aromatic rings. The zero-order valence-corrected chi connectivity index (χ0v) is 7.78. The zero-order chi connectivity index (χ0) is 9.73. The summed E-state index contributed by atoms with van der Waals surface area (Å²) in [4.78, 5) is 0. The van der Waals surface area contributed by atoms with Crippen molar-refractivity contribution in [1.82, 2.24) is 0 Å². The number of nitrogens with zero attached hydrogens (tertiary/aromatic N) is 1. The van der Waals surface area contributed by atoms with Crippen molar-refractivity contribution in [2.75, 3.05) is 5.75 Å². The molecule has 4 nitrogen and oxygen atoms in total. The SMILES string of the molecule is C=CCS(=O)(=O)O[n+]1ccccc1. The van der Waals surface area contributed by atoms with Crippen LogP contribution in [0.5, 0.6) is 0 Å². The number of aromatic nitrogens is 1. The summed E-state index contributed by atoms with van der Waals surface area (Å²) in [6.07, 6.45) is 4.28. The monoisotopic (exact) mass is 200 g/mol. The fraction of sp³-hybridized carbons (Fsp3) is 0.125. The molecule has 0 aliphatic rings. The minimum atomic E-state index is -3.54. The standard InChI is InChI=1S/C8H10NO3S/c1-2-8-13(10,11)12-9-6-4-3-5-7-9/h2-7H,1,8H2/q+1. The van der Waals surface area contributed by atoms with Crippen molar-refractivity contribution in [2.45, 2.75) is 0 Å². The van der Waals surface area contributed by atoms with E-state index in [1.807, 2.05) is 0 Å². The quantitative estimate of drug-likeness (QED) is 0.504. The zero-order valence-electron chi connectivity index (χ0n) is 6.96. The molecule has 0 amide bonds. The number of hydrogen-bond acceptors (Lipinski definition) is 3. The van der Waals surface area contributed by atoms with Gasteiger partial charge in [-0.2, -0.15) is 8.42 Å². The van der Waals surface area contributed by atoms with Gasteiger partial charge in [-0.05, 0) is 0 Å². The summed E-state index contributed by atoms with van der Waals surface area (Å²) in [7, 11) is -3.54. The van der Waals surface area contributed by atoms with Crippen LogP contribution in [0.15, 0.2) is 43.2 Å². The summed E-state index contributed by atoms with van der Waals surface area (Å²) >= 11 is 0. The third-order valence-corrected chi connectivity index (χ3v) is 2.25. The highest BCUT2D eigenvalue weighted by molar-refractivity contribution is 7.86. The van der Waals surface area contributed by atoms with Crippen LogP contribution in [0.2, 0.25) is 0 Å². The van der Waals surface area contributed by atoms with Crippen molar-refractivity contribution in [1.29, 1.82) is 0 Å². The predicted octanol–water partition coefficient (Wildman–Crippen LogP) is -0.0815. The molecule has 0 fully saturated rings. The van der Waals surface area contributed by atoms with E-state index in [9.17, 15) is 8.42 Å². The molecule has 1 aromatic heterocycles. The lowest BCUT2D eigenvalue weighted by molar-refractivity contribution is -0.856. The Kier molecular flexibility index (Phi) is 3.02. The Morgan fingerprint density at radius 2 is 1.92 bits per heavy atom. The first-order valence-electron chi connectivity index (χ1n) is 3.64. The second kappa shape index (κ2) is 4.04. The van der Waals surface area contributed by atoms with Crippen LogP contribution < -0.4 is 9.01 Å². The fourth-order valence-electron chi connectivity index (χ4n) is 0.738. The van der Waals surface area contributed by atoms with Crippen LogP contribution in [-0.4, -0.2) is 14.2 Å². The molecular formula is C8H10NO3S+. The molecule has 1 rings (SSSR count). The van der Waals surface area contributed by atoms with Crippen molar-refractivity contribution < 1.29 is 17.4 Å². The fourth-order valence-corrected chi connectivity index (χ4v) is 1.45. The van der Waals surface area contributed by atoms with Gasteiger partial charge in [-0.3, -0.25) is 0 Å². The molecule has 0 spiro atoms. The predicted molar refractivity (Wildman–Crippen MR) is 47.2 cm³/mol. The summed E-state index contributed by atoms with van der Waals surface area (Å²) in [6, 6.07) is 5.10. The van der Waals surface area contributed by atoms with Gasteiger partial charge >= 0.3 is 10.1 Å². The molecule has 0 aliphatic heterocycles. The summed E-state index contributed by atoms with van der Waals surface area (Å²) in [6.45, 7) is 3.32. The third kappa shape index (κ3) is 3.25. The van der Waals surface area contributed by atoms with E-state index < -0.39 is 10.1 Å². The maximum absolute atomic E-state index is 11.1. The first kappa shape index (κ1) is 9.73. The number of pyridine rings is 1. The van der Waals surface area contributed by atoms with E-state index in [4.69, 9.17) is 0 Å². The average Bonchev–Trinajstić information content (AvgIpc) is 2.04. The topological polar surface area (TPSA) is 47.3 Å². The van der Waals surface area contributed by atoms with Gasteiger partial charge in [-0.1, -0.05) is 12.1 Å². The summed E-state index contributed by atoms with van der Waals surface area (Å²) < 4.78 is 28.0. The van der Waals surface area contributed by atoms with Gasteiger partial charge < -0.3 is 0 Å². The van der Waals surface area contributed by atoms with Crippen molar-refractivity contribution >= 4 is 10.1 Å². The normalized spacial score (nSPS) is 10.8. The van der Waals surface area contributed by atoms with Crippen LogP contribution >= 0.6 is 0 Å². The number of hydrogen-bond donors (Lipinski definition) is 0. The molecule has 0 aliphatic carbocycles. The molecule has 5 heteroatoms. The van der Waals surface area contributed by atoms with E-state index in [0.29, 0.717) is 0 Å². The Balaban J connectivity index is 2.75. The van der Waals surface area contributed by atoms with Gasteiger partial charge in [0.25, 0.3) is 0 Å². The van der Waals surface area contributed by atoms with Crippen molar-refractivity contribution in [3.05, 3.63) is 43.2 Å². The van der Waals surface area contributed by atoms with E-state index in [1.165, 1.54) is 18.5 Å². The average molecular weight is 200 g/mol. The van der Waals surface area contributed by atoms with Crippen LogP contribution in [0.3, 0.4) is 0 Å². The van der Waals surface area contributed by atoms with Crippen LogP contribution in [-0.2, 0) is 10.1 Å². The molecule has 1 heterocycles. The van der Waals surface area contributed by atoms with Gasteiger partial charge in [0.2, 0.25) is 12.4 Å². The smallest absolute Gasteiger partial charge is 0.181 e. The molecular weight excluding hydrogens is 190 g/mol. The Hall–Kier alpha value is -1.36. The van der Waals surface area contributed by atoms with Gasteiger partial charge in [-0.25, -0.2) is 0 Å². The Morgan fingerprint density at radius 3 is 2.46 bits per heavy atom. The second-order valence-electron chi connectivity index (χ2n) is 2.32. The van der Waals surface area contributed by atoms with Gasteiger partial charge in [0.05, 0.1) is 0 Å². The highest BCUT2D eigenvalue weighted by atomic mass is 32.2. The van der Waals surface area contributed by atoms with E-state index >= 15 is 0 Å². The Bertz CT molecular complexity index is 372. The third-order valence-electron chi connectivity index (χ3n) is 1.21. The van der Waals surface area contributed by atoms with E-state index in [2.05, 4.69) is 10.9 Å². The molecule has 0 N–H and O–H groups in total. The molecule has 0 saturated carbocycles. The van der Waals surface area contributed by atoms with E-state index in [0.717, 1.165) is 4.73 Å². The first-order valence-corrected chi connectivity index (χ1v) is 5.21. The Morgan fingerprint density at radius 1 is 1.31 bits per heavy atom. The van der Waals surface area contributed by atoms with Crippen LogP contribution in [0.4, 0.5) is 0 Å². The van der Waals surface area contributed by atoms with Crippen LogP contribution in [0, 0.1) is 0 Å². The van der Waals surface area contributed by atoms with Crippen molar-refractivity contribution in [3.63, 3.8) is 0 Å². The van der Waals surface area contributed by atoms with Crippen LogP contribution in [0.25, 0.3) is 0 Å². The molecule has 0 atom stereocenters. The van der Waals surface area contributed by atoms with Gasteiger partial charge in [0.1, 0.15) is 5.75 Å². The Labute approximate surface area is 77.2 Å². The first-order chi connectivity index (χ1) is 6.14. The summed E-state index contributed by atoms with van der Waals surface area (Å²) in [5.74, 6) is -0.200. The highest BCUT2D eigenvalue weighted by Gasteiger charge is 2.15. The van der Waals surface area contributed by atoms with Crippen molar-refractivity contribution in [2.24, 2.45) is 0 Å². The molecule has 70 valence electrons. The molecule has 0 aromatic carbocycles. The van der Waals surface area contributed by atoms with Gasteiger partial charge in [0, 0.05) is 16.9 Å². The van der Waals surface area contributed by atoms with E-state index in [-0.39, 0.29) is 5.75 Å². The lowest BCUT2D eigenvalue weighted by Gasteiger charge is -1.95. The van der Waals surface area contributed by atoms with Crippen LogP contribution in [0.1, 0.15) is 0 Å². The minimum Gasteiger partial charge on any atom is -0.181 e. The molecule has 0 saturated heterocycles. The summed E-state index contributed by atoms with van der Waals surface area (Å²) in [5.41, 5.74) is 0. The van der Waals surface area contributed by atoms with Crippen molar-refractivity contribution in [3.8, 4) is 0 Å². The maximum atomic E-state index is 11.1. The minimum absolute atomic E-state index is 0.200. The largest absolute Gasteiger partial charge is 0.370 e. The molecule has 0 radical (unpaired) electrons. The lowest BCUT2D eigenvalue weighted by atomic mass is 10.5. The second-order valence-corrected chi connectivity index (χ2v) is 3.92. The van der Waals surface area contributed by atoms with Gasteiger partial charge in [0.15, 0.2) is 0 Å². The van der Waals surface area contributed by atoms with Gasteiger partial charge in [-0.15, -0.1) is 10.9 Å². The lowest BCUT2D eigenvalue weighted by Crippen LogP contribution is -2.45. The molecule has 0 bridgehead atoms. The summed E-state index contributed by atoms with van der Waals surface area (Å²) in [5, 5.41) is 0. The number of rotatable bonds is 4.